The van der Waals surface area contributed by atoms with Crippen LogP contribution >= 0.6 is 11.6 Å². The molecule has 0 aromatic carbocycles. The molecule has 0 radical (unpaired) electrons. The van der Waals surface area contributed by atoms with Crippen LogP contribution in [-0.2, 0) is 6.54 Å². The lowest BCUT2D eigenvalue weighted by molar-refractivity contribution is 0.424. The van der Waals surface area contributed by atoms with E-state index in [-0.39, 0.29) is 5.54 Å². The Hall–Kier alpha value is -0.800. The fourth-order valence-corrected chi connectivity index (χ4v) is 1.71. The highest BCUT2D eigenvalue weighted by Crippen LogP contribution is 2.28. The Kier molecular flexibility index (Phi) is 3.59. The number of nitrogens with one attached hydrogen (secondary N) is 2. The molecule has 0 unspecified atom stereocenters. The zero-order valence-corrected chi connectivity index (χ0v) is 11.4. The molecule has 17 heavy (non-hydrogen) atoms. The van der Waals surface area contributed by atoms with Crippen LogP contribution in [0, 0.1) is 0 Å². The molecule has 0 saturated heterocycles. The molecule has 0 atom stereocenters. The molecular formula is C13H20ClN3. The van der Waals surface area contributed by atoms with Gasteiger partial charge in [-0.1, -0.05) is 11.6 Å². The highest BCUT2D eigenvalue weighted by atomic mass is 35.5. The van der Waals surface area contributed by atoms with Crippen LogP contribution in [0.3, 0.4) is 0 Å². The first kappa shape index (κ1) is 12.7. The summed E-state index contributed by atoms with van der Waals surface area (Å²) in [4.78, 5) is 4.38. The monoisotopic (exact) mass is 253 g/mol. The average Bonchev–Trinajstić information content (AvgIpc) is 3.01. The first-order valence-electron chi connectivity index (χ1n) is 6.10. The maximum absolute atomic E-state index is 6.20. The van der Waals surface area contributed by atoms with Crippen molar-refractivity contribution in [1.82, 2.24) is 10.3 Å². The Morgan fingerprint density at radius 3 is 2.65 bits per heavy atom. The number of halogens is 1. The molecule has 1 aliphatic carbocycles. The summed E-state index contributed by atoms with van der Waals surface area (Å²) in [6.07, 6.45) is 4.34. The van der Waals surface area contributed by atoms with E-state index in [9.17, 15) is 0 Å². The van der Waals surface area contributed by atoms with Gasteiger partial charge in [0.05, 0.1) is 5.02 Å². The van der Waals surface area contributed by atoms with Crippen LogP contribution in [0.1, 0.15) is 39.2 Å². The third kappa shape index (κ3) is 4.17. The molecule has 1 fully saturated rings. The molecule has 0 bridgehead atoms. The van der Waals surface area contributed by atoms with Crippen molar-refractivity contribution >= 4 is 17.4 Å². The highest BCUT2D eigenvalue weighted by molar-refractivity contribution is 6.32. The Morgan fingerprint density at radius 1 is 1.41 bits per heavy atom. The first-order valence-corrected chi connectivity index (χ1v) is 6.48. The predicted octanol–water partition coefficient (Wildman–Crippen LogP) is 3.20. The molecule has 1 heterocycles. The number of aromatic nitrogens is 1. The third-order valence-corrected chi connectivity index (χ3v) is 2.93. The van der Waals surface area contributed by atoms with Gasteiger partial charge in [-0.15, -0.1) is 0 Å². The summed E-state index contributed by atoms with van der Waals surface area (Å²) in [6, 6.07) is 2.57. The van der Waals surface area contributed by atoms with Gasteiger partial charge in [-0.05, 0) is 45.2 Å². The van der Waals surface area contributed by atoms with Gasteiger partial charge in [-0.3, -0.25) is 0 Å². The molecule has 3 nitrogen and oxygen atoms in total. The lowest BCUT2D eigenvalue weighted by Gasteiger charge is -2.20. The predicted molar refractivity (Wildman–Crippen MR) is 72.5 cm³/mol. The zero-order valence-electron chi connectivity index (χ0n) is 10.7. The summed E-state index contributed by atoms with van der Waals surface area (Å²) in [5, 5.41) is 7.45. The number of pyridine rings is 1. The summed E-state index contributed by atoms with van der Waals surface area (Å²) in [6.45, 7) is 7.22. The summed E-state index contributed by atoms with van der Waals surface area (Å²) >= 11 is 6.20. The van der Waals surface area contributed by atoms with Gasteiger partial charge in [0.15, 0.2) is 0 Å². The molecule has 1 aliphatic rings. The van der Waals surface area contributed by atoms with Crippen molar-refractivity contribution in [3.63, 3.8) is 0 Å². The van der Waals surface area contributed by atoms with E-state index in [0.717, 1.165) is 17.9 Å². The Balaban J connectivity index is 1.97. The maximum atomic E-state index is 6.20. The van der Waals surface area contributed by atoms with Crippen molar-refractivity contribution < 1.29 is 0 Å². The molecule has 1 saturated carbocycles. The van der Waals surface area contributed by atoms with Crippen LogP contribution in [0.2, 0.25) is 5.02 Å². The van der Waals surface area contributed by atoms with E-state index in [1.807, 2.05) is 12.3 Å². The Labute approximate surface area is 108 Å². The second kappa shape index (κ2) is 4.83. The van der Waals surface area contributed by atoms with Crippen molar-refractivity contribution in [3.05, 3.63) is 22.8 Å². The standard InChI is InChI=1S/C13H20ClN3/c1-13(2,3)16-8-9-6-11(14)12(15-7-9)17-10-4-5-10/h6-7,10,16H,4-5,8H2,1-3H3,(H,15,17). The van der Waals surface area contributed by atoms with E-state index in [2.05, 4.69) is 36.4 Å². The largest absolute Gasteiger partial charge is 0.366 e. The SMILES string of the molecule is CC(C)(C)NCc1cnc(NC2CC2)c(Cl)c1. The van der Waals surface area contributed by atoms with E-state index in [4.69, 9.17) is 11.6 Å². The number of rotatable bonds is 4. The minimum Gasteiger partial charge on any atom is -0.366 e. The maximum Gasteiger partial charge on any atom is 0.144 e. The summed E-state index contributed by atoms with van der Waals surface area (Å²) in [5.41, 5.74) is 1.23. The summed E-state index contributed by atoms with van der Waals surface area (Å²) in [5.74, 6) is 0.814. The summed E-state index contributed by atoms with van der Waals surface area (Å²) in [7, 11) is 0. The highest BCUT2D eigenvalue weighted by Gasteiger charge is 2.22. The number of hydrogen-bond donors (Lipinski definition) is 2. The van der Waals surface area contributed by atoms with Gasteiger partial charge in [0.2, 0.25) is 0 Å². The average molecular weight is 254 g/mol. The second-order valence-corrected chi connectivity index (χ2v) is 6.10. The smallest absolute Gasteiger partial charge is 0.144 e. The minimum atomic E-state index is 0.109. The van der Waals surface area contributed by atoms with E-state index >= 15 is 0 Å². The third-order valence-electron chi connectivity index (χ3n) is 2.64. The number of anilines is 1. The van der Waals surface area contributed by atoms with Gasteiger partial charge in [0.25, 0.3) is 0 Å². The molecule has 0 aliphatic heterocycles. The fourth-order valence-electron chi connectivity index (χ4n) is 1.47. The van der Waals surface area contributed by atoms with Gasteiger partial charge < -0.3 is 10.6 Å². The Morgan fingerprint density at radius 2 is 2.12 bits per heavy atom. The second-order valence-electron chi connectivity index (χ2n) is 5.70. The van der Waals surface area contributed by atoms with E-state index < -0.39 is 0 Å². The van der Waals surface area contributed by atoms with E-state index in [1.54, 1.807) is 0 Å². The molecule has 94 valence electrons. The van der Waals surface area contributed by atoms with Crippen LogP contribution in [0.5, 0.6) is 0 Å². The van der Waals surface area contributed by atoms with Gasteiger partial charge in [-0.25, -0.2) is 4.98 Å². The van der Waals surface area contributed by atoms with Crippen LogP contribution in [0.4, 0.5) is 5.82 Å². The lowest BCUT2D eigenvalue weighted by atomic mass is 10.1. The molecule has 4 heteroatoms. The number of hydrogen-bond acceptors (Lipinski definition) is 3. The topological polar surface area (TPSA) is 37.0 Å². The van der Waals surface area contributed by atoms with Crippen molar-refractivity contribution in [2.45, 2.75) is 51.7 Å². The molecule has 1 aromatic heterocycles. The molecule has 2 N–H and O–H groups in total. The van der Waals surface area contributed by atoms with Crippen molar-refractivity contribution in [2.24, 2.45) is 0 Å². The van der Waals surface area contributed by atoms with Gasteiger partial charge in [0, 0.05) is 24.3 Å². The first-order chi connectivity index (χ1) is 7.94. The minimum absolute atomic E-state index is 0.109. The Bertz CT molecular complexity index is 394. The van der Waals surface area contributed by atoms with E-state index in [1.165, 1.54) is 12.8 Å². The van der Waals surface area contributed by atoms with Gasteiger partial charge in [-0.2, -0.15) is 0 Å². The summed E-state index contributed by atoms with van der Waals surface area (Å²) < 4.78 is 0. The van der Waals surface area contributed by atoms with Crippen LogP contribution in [0.25, 0.3) is 0 Å². The fraction of sp³-hybridized carbons (Fsp3) is 0.615. The lowest BCUT2D eigenvalue weighted by Crippen LogP contribution is -2.35. The van der Waals surface area contributed by atoms with Gasteiger partial charge >= 0.3 is 0 Å². The molecule has 2 rings (SSSR count). The van der Waals surface area contributed by atoms with Crippen LogP contribution < -0.4 is 10.6 Å². The number of nitrogens with zero attached hydrogens (tertiary/aromatic N) is 1. The zero-order chi connectivity index (χ0) is 12.5. The molecular weight excluding hydrogens is 234 g/mol. The molecule has 0 spiro atoms. The van der Waals surface area contributed by atoms with E-state index in [0.29, 0.717) is 11.1 Å². The molecule has 1 aromatic rings. The molecule has 0 amide bonds. The van der Waals surface area contributed by atoms with Crippen LogP contribution in [-0.4, -0.2) is 16.6 Å². The normalized spacial score (nSPS) is 16.0. The van der Waals surface area contributed by atoms with Crippen molar-refractivity contribution in [3.8, 4) is 0 Å². The van der Waals surface area contributed by atoms with Crippen molar-refractivity contribution in [1.29, 1.82) is 0 Å². The van der Waals surface area contributed by atoms with Crippen molar-refractivity contribution in [2.75, 3.05) is 5.32 Å². The quantitative estimate of drug-likeness (QED) is 0.865. The van der Waals surface area contributed by atoms with Crippen LogP contribution in [0.15, 0.2) is 12.3 Å². The van der Waals surface area contributed by atoms with Gasteiger partial charge in [0.1, 0.15) is 5.82 Å².